The van der Waals surface area contributed by atoms with Crippen molar-refractivity contribution in [1.82, 2.24) is 4.90 Å². The maximum absolute atomic E-state index is 6.01. The van der Waals surface area contributed by atoms with Crippen LogP contribution in [0.2, 0.25) is 0 Å². The van der Waals surface area contributed by atoms with E-state index in [0.29, 0.717) is 18.6 Å². The highest BCUT2D eigenvalue weighted by Crippen LogP contribution is 2.36. The summed E-state index contributed by atoms with van der Waals surface area (Å²) in [6.07, 6.45) is 3.92. The van der Waals surface area contributed by atoms with Crippen molar-refractivity contribution >= 4 is 0 Å². The predicted octanol–water partition coefficient (Wildman–Crippen LogP) is 4.05. The lowest BCUT2D eigenvalue weighted by Gasteiger charge is -2.32. The van der Waals surface area contributed by atoms with E-state index in [1.54, 1.807) is 0 Å². The zero-order chi connectivity index (χ0) is 17.8. The first-order valence-electron chi connectivity index (χ1n) is 9.84. The Hall–Kier alpha value is -1.26. The fourth-order valence-electron chi connectivity index (χ4n) is 3.70. The van der Waals surface area contributed by atoms with Gasteiger partial charge in [-0.25, -0.2) is 0 Å². The van der Waals surface area contributed by atoms with Gasteiger partial charge in [-0.3, -0.25) is 4.90 Å². The number of piperidine rings is 1. The average molecular weight is 347 g/mol. The Bertz CT molecular complexity index is 565. The number of fused-ring (bicyclic) bond motifs is 1. The first kappa shape index (κ1) is 18.5. The molecule has 2 heterocycles. The van der Waals surface area contributed by atoms with Gasteiger partial charge in [-0.05, 0) is 44.7 Å². The van der Waals surface area contributed by atoms with Gasteiger partial charge in [0.25, 0.3) is 0 Å². The van der Waals surface area contributed by atoms with Crippen molar-refractivity contribution in [3.8, 4) is 11.5 Å². The van der Waals surface area contributed by atoms with Crippen LogP contribution >= 0.6 is 0 Å². The molecule has 4 heteroatoms. The summed E-state index contributed by atoms with van der Waals surface area (Å²) in [5.41, 5.74) is 2.52. The van der Waals surface area contributed by atoms with E-state index in [1.165, 1.54) is 11.1 Å². The molecule has 1 aromatic rings. The molecule has 1 aromatic carbocycles. The molecule has 0 saturated carbocycles. The van der Waals surface area contributed by atoms with Crippen LogP contribution in [0.5, 0.6) is 11.5 Å². The summed E-state index contributed by atoms with van der Waals surface area (Å²) in [4.78, 5) is 2.51. The van der Waals surface area contributed by atoms with Crippen LogP contribution in [0.3, 0.4) is 0 Å². The van der Waals surface area contributed by atoms with Crippen LogP contribution in [0.1, 0.15) is 51.7 Å². The molecule has 0 radical (unpaired) electrons. The Morgan fingerprint density at radius 1 is 1.24 bits per heavy atom. The molecular formula is C21H33NO3. The van der Waals surface area contributed by atoms with Crippen molar-refractivity contribution in [2.45, 2.75) is 65.7 Å². The van der Waals surface area contributed by atoms with Gasteiger partial charge < -0.3 is 14.2 Å². The van der Waals surface area contributed by atoms with E-state index in [2.05, 4.69) is 37.8 Å². The van der Waals surface area contributed by atoms with Gasteiger partial charge in [-0.2, -0.15) is 0 Å². The zero-order valence-corrected chi connectivity index (χ0v) is 16.2. The fourth-order valence-corrected chi connectivity index (χ4v) is 3.70. The van der Waals surface area contributed by atoms with Crippen LogP contribution in [0, 0.1) is 5.92 Å². The highest BCUT2D eigenvalue weighted by atomic mass is 16.5. The third-order valence-electron chi connectivity index (χ3n) is 4.97. The molecule has 1 atom stereocenters. The Morgan fingerprint density at radius 2 is 2.00 bits per heavy atom. The van der Waals surface area contributed by atoms with Crippen molar-refractivity contribution in [3.05, 3.63) is 23.3 Å². The van der Waals surface area contributed by atoms with Crippen LogP contribution in [0.4, 0.5) is 0 Å². The first-order valence-corrected chi connectivity index (χ1v) is 9.84. The third kappa shape index (κ3) is 4.89. The summed E-state index contributed by atoms with van der Waals surface area (Å²) in [5, 5.41) is 0. The molecule has 0 aliphatic carbocycles. The van der Waals surface area contributed by atoms with E-state index >= 15 is 0 Å². The van der Waals surface area contributed by atoms with Crippen molar-refractivity contribution in [2.75, 3.05) is 26.3 Å². The molecular weight excluding hydrogens is 314 g/mol. The molecule has 1 saturated heterocycles. The lowest BCUT2D eigenvalue weighted by molar-refractivity contribution is -0.00596. The van der Waals surface area contributed by atoms with Crippen LogP contribution in [-0.4, -0.2) is 43.4 Å². The lowest BCUT2D eigenvalue weighted by atomic mass is 10.0. The van der Waals surface area contributed by atoms with E-state index in [4.69, 9.17) is 14.2 Å². The van der Waals surface area contributed by atoms with Crippen molar-refractivity contribution < 1.29 is 14.2 Å². The topological polar surface area (TPSA) is 30.9 Å². The average Bonchev–Trinajstić information content (AvgIpc) is 2.93. The van der Waals surface area contributed by atoms with Crippen molar-refractivity contribution in [1.29, 1.82) is 0 Å². The molecule has 0 spiro atoms. The summed E-state index contributed by atoms with van der Waals surface area (Å²) < 4.78 is 17.9. The number of hydrogen-bond acceptors (Lipinski definition) is 4. The molecule has 0 aromatic heterocycles. The Kier molecular flexibility index (Phi) is 6.24. The summed E-state index contributed by atoms with van der Waals surface area (Å²) >= 11 is 0. The summed E-state index contributed by atoms with van der Waals surface area (Å²) in [6.45, 7) is 13.3. The van der Waals surface area contributed by atoms with E-state index in [1.807, 2.05) is 6.92 Å². The quantitative estimate of drug-likeness (QED) is 0.745. The van der Waals surface area contributed by atoms with Gasteiger partial charge >= 0.3 is 0 Å². The van der Waals surface area contributed by atoms with Crippen molar-refractivity contribution in [3.63, 3.8) is 0 Å². The van der Waals surface area contributed by atoms with E-state index in [0.717, 1.165) is 57.0 Å². The Balaban J connectivity index is 1.60. The van der Waals surface area contributed by atoms with Gasteiger partial charge in [-0.1, -0.05) is 13.8 Å². The van der Waals surface area contributed by atoms with Crippen LogP contribution in [0.25, 0.3) is 0 Å². The number of hydrogen-bond donors (Lipinski definition) is 0. The van der Waals surface area contributed by atoms with Crippen LogP contribution < -0.4 is 9.47 Å². The molecule has 0 bridgehead atoms. The van der Waals surface area contributed by atoms with Gasteiger partial charge in [0, 0.05) is 43.8 Å². The zero-order valence-electron chi connectivity index (χ0n) is 16.2. The molecule has 3 rings (SSSR count). The maximum Gasteiger partial charge on any atom is 0.124 e. The minimum atomic E-state index is 0.272. The number of ether oxygens (including phenoxy) is 3. The Morgan fingerprint density at radius 3 is 2.68 bits per heavy atom. The molecule has 2 aliphatic heterocycles. The normalized spacial score (nSPS) is 21.4. The number of benzene rings is 1. The standard InChI is InChI=1S/C21H33NO3/c1-5-23-20-11-17-10-16(4)25-21(17)12-18(20)13-22-8-6-19(7-9-22)24-14-15(2)3/h11-12,15-16,19H,5-10,13-14H2,1-4H3. The second kappa shape index (κ2) is 8.41. The van der Waals surface area contributed by atoms with Gasteiger partial charge in [0.15, 0.2) is 0 Å². The van der Waals surface area contributed by atoms with Gasteiger partial charge in [0.05, 0.1) is 12.7 Å². The molecule has 0 amide bonds. The molecule has 25 heavy (non-hydrogen) atoms. The minimum Gasteiger partial charge on any atom is -0.494 e. The molecule has 1 unspecified atom stereocenters. The predicted molar refractivity (Wildman–Crippen MR) is 100 cm³/mol. The second-order valence-corrected chi connectivity index (χ2v) is 7.84. The van der Waals surface area contributed by atoms with Gasteiger partial charge in [-0.15, -0.1) is 0 Å². The highest BCUT2D eigenvalue weighted by molar-refractivity contribution is 5.48. The summed E-state index contributed by atoms with van der Waals surface area (Å²) in [6, 6.07) is 4.39. The molecule has 1 fully saturated rings. The molecule has 140 valence electrons. The maximum atomic E-state index is 6.01. The smallest absolute Gasteiger partial charge is 0.124 e. The van der Waals surface area contributed by atoms with E-state index in [9.17, 15) is 0 Å². The number of nitrogens with zero attached hydrogens (tertiary/aromatic N) is 1. The fraction of sp³-hybridized carbons (Fsp3) is 0.714. The van der Waals surface area contributed by atoms with Gasteiger partial charge in [0.2, 0.25) is 0 Å². The molecule has 4 nitrogen and oxygen atoms in total. The van der Waals surface area contributed by atoms with Gasteiger partial charge in [0.1, 0.15) is 17.6 Å². The summed E-state index contributed by atoms with van der Waals surface area (Å²) in [5.74, 6) is 2.68. The highest BCUT2D eigenvalue weighted by Gasteiger charge is 2.24. The minimum absolute atomic E-state index is 0.272. The molecule has 0 N–H and O–H groups in total. The summed E-state index contributed by atoms with van der Waals surface area (Å²) in [7, 11) is 0. The number of rotatable bonds is 7. The third-order valence-corrected chi connectivity index (χ3v) is 4.97. The number of likely N-dealkylation sites (tertiary alicyclic amines) is 1. The largest absolute Gasteiger partial charge is 0.494 e. The van der Waals surface area contributed by atoms with Crippen LogP contribution in [-0.2, 0) is 17.7 Å². The first-order chi connectivity index (χ1) is 12.0. The SMILES string of the molecule is CCOc1cc2c(cc1CN1CCC(OCC(C)C)CC1)OC(C)C2. The van der Waals surface area contributed by atoms with Crippen LogP contribution in [0.15, 0.2) is 12.1 Å². The monoisotopic (exact) mass is 347 g/mol. The van der Waals surface area contributed by atoms with E-state index < -0.39 is 0 Å². The van der Waals surface area contributed by atoms with Crippen molar-refractivity contribution in [2.24, 2.45) is 5.92 Å². The Labute approximate surface area is 152 Å². The second-order valence-electron chi connectivity index (χ2n) is 7.84. The lowest BCUT2D eigenvalue weighted by Crippen LogP contribution is -2.37. The molecule has 2 aliphatic rings. The van der Waals surface area contributed by atoms with E-state index in [-0.39, 0.29) is 6.10 Å².